The van der Waals surface area contributed by atoms with Crippen molar-refractivity contribution in [3.63, 3.8) is 0 Å². The van der Waals surface area contributed by atoms with Gasteiger partial charge >= 0.3 is 12.1 Å². The van der Waals surface area contributed by atoms with Crippen LogP contribution in [0.15, 0.2) is 36.4 Å². The summed E-state index contributed by atoms with van der Waals surface area (Å²) in [6.45, 7) is 7.81. The number of nitrogens with one attached hydrogen (secondary N) is 1. The summed E-state index contributed by atoms with van der Waals surface area (Å²) in [5, 5.41) is 3.67. The number of aromatic nitrogens is 2. The van der Waals surface area contributed by atoms with Gasteiger partial charge in [0.05, 0.1) is 36.4 Å². The smallest absolute Gasteiger partial charge is 0.460 e. The van der Waals surface area contributed by atoms with Crippen LogP contribution in [0.4, 0.5) is 4.79 Å². The van der Waals surface area contributed by atoms with Gasteiger partial charge in [0.15, 0.2) is 15.7 Å². The number of sulfone groups is 1. The molecule has 1 aromatic carbocycles. The third-order valence-corrected chi connectivity index (χ3v) is 10.1. The van der Waals surface area contributed by atoms with Crippen LogP contribution >= 0.6 is 0 Å². The summed E-state index contributed by atoms with van der Waals surface area (Å²) < 4.78 is 36.7. The summed E-state index contributed by atoms with van der Waals surface area (Å²) in [5.41, 5.74) is -0.0790. The molecular formula is C33H45N5O9S. The minimum absolute atomic E-state index is 0.0570. The zero-order valence-corrected chi connectivity index (χ0v) is 28.8. The molecule has 1 atom stereocenters. The molecule has 15 heteroatoms. The fourth-order valence-electron chi connectivity index (χ4n) is 5.59. The molecule has 2 fully saturated rings. The summed E-state index contributed by atoms with van der Waals surface area (Å²) in [4.78, 5) is 67.5. The van der Waals surface area contributed by atoms with Crippen LogP contribution in [0.2, 0.25) is 0 Å². The average Bonchev–Trinajstić information content (AvgIpc) is 3.59. The zero-order chi connectivity index (χ0) is 34.9. The van der Waals surface area contributed by atoms with E-state index in [2.05, 4.69) is 15.3 Å². The number of benzene rings is 1. The number of amides is 2. The first-order valence-corrected chi connectivity index (χ1v) is 18.0. The van der Waals surface area contributed by atoms with Crippen LogP contribution < -0.4 is 5.32 Å². The van der Waals surface area contributed by atoms with E-state index in [9.17, 15) is 27.6 Å². The molecule has 2 heterocycles. The van der Waals surface area contributed by atoms with Gasteiger partial charge in [0.25, 0.3) is 5.91 Å². The third kappa shape index (κ3) is 10.7. The van der Waals surface area contributed by atoms with Gasteiger partial charge in [0.1, 0.15) is 17.3 Å². The molecule has 0 radical (unpaired) electrons. The van der Waals surface area contributed by atoms with Gasteiger partial charge in [0, 0.05) is 25.1 Å². The fraction of sp³-hybridized carbons (Fsp3) is 0.576. The lowest BCUT2D eigenvalue weighted by Gasteiger charge is -2.35. The maximum Gasteiger partial charge on any atom is 0.527 e. The molecule has 1 saturated carbocycles. The van der Waals surface area contributed by atoms with Crippen LogP contribution in [-0.2, 0) is 39.5 Å². The van der Waals surface area contributed by atoms with Crippen molar-refractivity contribution in [2.24, 2.45) is 0 Å². The van der Waals surface area contributed by atoms with Crippen LogP contribution in [0, 0.1) is 0 Å². The maximum absolute atomic E-state index is 13.8. The van der Waals surface area contributed by atoms with Crippen LogP contribution in [0.5, 0.6) is 0 Å². The topological polar surface area (TPSA) is 174 Å². The molecule has 1 aliphatic carbocycles. The van der Waals surface area contributed by atoms with Crippen molar-refractivity contribution in [1.29, 1.82) is 0 Å². The summed E-state index contributed by atoms with van der Waals surface area (Å²) in [6.07, 6.45) is 1.84. The highest BCUT2D eigenvalue weighted by atomic mass is 32.2. The second kappa shape index (κ2) is 16.3. The quantitative estimate of drug-likeness (QED) is 0.323. The molecule has 1 N–H and O–H groups in total. The largest absolute Gasteiger partial charge is 0.527 e. The van der Waals surface area contributed by atoms with Crippen LogP contribution in [0.25, 0.3) is 11.4 Å². The van der Waals surface area contributed by atoms with Gasteiger partial charge in [-0.2, -0.15) is 0 Å². The zero-order valence-electron chi connectivity index (χ0n) is 28.0. The van der Waals surface area contributed by atoms with Crippen LogP contribution in [0.3, 0.4) is 0 Å². The Bertz CT molecular complexity index is 1550. The molecule has 1 aliphatic heterocycles. The molecule has 4 rings (SSSR count). The average molecular weight is 688 g/mol. The Morgan fingerprint density at radius 1 is 1.00 bits per heavy atom. The molecule has 48 heavy (non-hydrogen) atoms. The molecule has 1 saturated heterocycles. The Morgan fingerprint density at radius 2 is 1.67 bits per heavy atom. The van der Waals surface area contributed by atoms with Crippen molar-refractivity contribution >= 4 is 33.8 Å². The number of nitrogens with zero attached hydrogens (tertiary/aromatic N) is 4. The number of carbonyl (C=O) groups excluding carboxylic acids is 4. The predicted octanol–water partition coefficient (Wildman–Crippen LogP) is 3.45. The summed E-state index contributed by atoms with van der Waals surface area (Å²) in [7, 11) is -3.53. The number of piperazine rings is 1. The van der Waals surface area contributed by atoms with Gasteiger partial charge in [-0.15, -0.1) is 5.06 Å². The SMILES string of the molecule is CCOC(=O)ON1CCN(C(=O)[C@H](CCC(=O)OC(C)(C)C)NC(=O)c2cc(CS(=O)(=O)C3CCCC3)nc(-c3ccccc3)n2)CC1. The first kappa shape index (κ1) is 36.7. The van der Waals surface area contributed by atoms with E-state index in [1.807, 2.05) is 6.07 Å². The normalized spacial score (nSPS) is 16.6. The van der Waals surface area contributed by atoms with Crippen molar-refractivity contribution in [2.45, 2.75) is 88.9 Å². The molecule has 14 nitrogen and oxygen atoms in total. The highest BCUT2D eigenvalue weighted by Crippen LogP contribution is 2.27. The molecule has 0 bridgehead atoms. The van der Waals surface area contributed by atoms with E-state index in [1.165, 1.54) is 16.0 Å². The van der Waals surface area contributed by atoms with Gasteiger partial charge in [0.2, 0.25) is 5.91 Å². The molecule has 2 amide bonds. The molecular weight excluding hydrogens is 642 g/mol. The summed E-state index contributed by atoms with van der Waals surface area (Å²) in [5.74, 6) is -1.87. The number of hydroxylamine groups is 2. The lowest BCUT2D eigenvalue weighted by molar-refractivity contribution is -0.158. The number of hydrogen-bond acceptors (Lipinski definition) is 12. The lowest BCUT2D eigenvalue weighted by Crippen LogP contribution is -2.55. The van der Waals surface area contributed by atoms with Crippen molar-refractivity contribution in [3.05, 3.63) is 47.8 Å². The van der Waals surface area contributed by atoms with E-state index in [1.54, 1.807) is 52.0 Å². The van der Waals surface area contributed by atoms with E-state index in [4.69, 9.17) is 14.3 Å². The summed E-state index contributed by atoms with van der Waals surface area (Å²) in [6, 6.07) is 9.09. The van der Waals surface area contributed by atoms with Gasteiger partial charge in [-0.3, -0.25) is 14.4 Å². The van der Waals surface area contributed by atoms with Crippen LogP contribution in [0.1, 0.15) is 82.4 Å². The van der Waals surface area contributed by atoms with E-state index in [0.29, 0.717) is 18.4 Å². The number of carbonyl (C=O) groups is 4. The molecule has 2 aromatic rings. The Kier molecular flexibility index (Phi) is 12.5. The van der Waals surface area contributed by atoms with E-state index in [-0.39, 0.29) is 68.6 Å². The first-order valence-electron chi connectivity index (χ1n) is 16.3. The first-order chi connectivity index (χ1) is 22.7. The predicted molar refractivity (Wildman–Crippen MR) is 175 cm³/mol. The Labute approximate surface area is 281 Å². The minimum Gasteiger partial charge on any atom is -0.460 e. The molecule has 0 spiro atoms. The van der Waals surface area contributed by atoms with Crippen molar-refractivity contribution in [1.82, 2.24) is 25.2 Å². The second-order valence-electron chi connectivity index (χ2n) is 12.8. The number of rotatable bonds is 12. The van der Waals surface area contributed by atoms with E-state index >= 15 is 0 Å². The second-order valence-corrected chi connectivity index (χ2v) is 15.1. The molecule has 1 aromatic heterocycles. The van der Waals surface area contributed by atoms with Gasteiger partial charge < -0.3 is 24.5 Å². The van der Waals surface area contributed by atoms with Crippen LogP contribution in [-0.4, -0.2) is 102 Å². The Morgan fingerprint density at radius 3 is 2.29 bits per heavy atom. The third-order valence-electron chi connectivity index (χ3n) is 7.88. The highest BCUT2D eigenvalue weighted by molar-refractivity contribution is 7.91. The molecule has 2 aliphatic rings. The highest BCUT2D eigenvalue weighted by Gasteiger charge is 2.33. The minimum atomic E-state index is -3.53. The Balaban J connectivity index is 1.56. The Hall–Kier alpha value is -4.11. The summed E-state index contributed by atoms with van der Waals surface area (Å²) >= 11 is 0. The molecule has 0 unspecified atom stereocenters. The number of esters is 1. The van der Waals surface area contributed by atoms with Gasteiger partial charge in [-0.25, -0.2) is 23.2 Å². The molecule has 262 valence electrons. The van der Waals surface area contributed by atoms with Gasteiger partial charge in [-0.1, -0.05) is 43.2 Å². The van der Waals surface area contributed by atoms with E-state index < -0.39 is 50.7 Å². The standard InChI is InChI=1S/C33H45N5O9S/c1-5-45-32(42)47-38-19-17-37(18-20-38)31(41)26(15-16-28(39)46-33(2,3)4)36-30(40)27-21-24(22-48(43,44)25-13-9-10-14-25)34-29(35-27)23-11-7-6-8-12-23/h6-8,11-12,21,25-26H,5,9-10,13-20,22H2,1-4H3,(H,36,40)/t26-/m0/s1. The van der Waals surface area contributed by atoms with Crippen molar-refractivity contribution in [2.75, 3.05) is 32.8 Å². The monoisotopic (exact) mass is 687 g/mol. The van der Waals surface area contributed by atoms with Gasteiger partial charge in [-0.05, 0) is 53.0 Å². The number of ether oxygens (including phenoxy) is 2. The lowest BCUT2D eigenvalue weighted by atomic mass is 10.1. The van der Waals surface area contributed by atoms with Crippen molar-refractivity contribution in [3.8, 4) is 11.4 Å². The van der Waals surface area contributed by atoms with Crippen molar-refractivity contribution < 1.29 is 41.9 Å². The fourth-order valence-corrected chi connectivity index (χ4v) is 7.44. The number of hydrogen-bond donors (Lipinski definition) is 1. The van der Waals surface area contributed by atoms with E-state index in [0.717, 1.165) is 12.8 Å². The maximum atomic E-state index is 13.8.